The molecular formula is C10H15NO. The average molecular weight is 165 g/mol. The monoisotopic (exact) mass is 165 g/mol. The Bertz CT molecular complexity index is 214. The highest BCUT2D eigenvalue weighted by atomic mass is 16.5. The van der Waals surface area contributed by atoms with Crippen molar-refractivity contribution in [3.63, 3.8) is 0 Å². The Morgan fingerprint density at radius 1 is 1.25 bits per heavy atom. The van der Waals surface area contributed by atoms with Gasteiger partial charge < -0.3 is 10.5 Å². The Morgan fingerprint density at radius 2 is 1.83 bits per heavy atom. The maximum Gasteiger partial charge on any atom is 0.0784 e. The largest absolute Gasteiger partial charge is 0.381 e. The van der Waals surface area contributed by atoms with E-state index in [1.165, 1.54) is 0 Å². The normalized spacial score (nSPS) is 30.7. The van der Waals surface area contributed by atoms with Gasteiger partial charge in [0.1, 0.15) is 0 Å². The summed E-state index contributed by atoms with van der Waals surface area (Å²) in [5, 5.41) is 0. The van der Waals surface area contributed by atoms with Gasteiger partial charge >= 0.3 is 0 Å². The molecule has 2 N–H and O–H groups in total. The van der Waals surface area contributed by atoms with Gasteiger partial charge in [-0.2, -0.15) is 0 Å². The molecule has 2 rings (SSSR count). The van der Waals surface area contributed by atoms with Gasteiger partial charge in [0.05, 0.1) is 5.54 Å². The van der Waals surface area contributed by atoms with Crippen molar-refractivity contribution in [3.05, 3.63) is 0 Å². The first-order chi connectivity index (χ1) is 5.68. The van der Waals surface area contributed by atoms with Gasteiger partial charge in [-0.1, -0.05) is 5.92 Å². The van der Waals surface area contributed by atoms with Crippen LogP contribution in [0.25, 0.3) is 0 Å². The van der Waals surface area contributed by atoms with Gasteiger partial charge in [-0.25, -0.2) is 0 Å². The summed E-state index contributed by atoms with van der Waals surface area (Å²) in [4.78, 5) is 0. The van der Waals surface area contributed by atoms with Crippen molar-refractivity contribution >= 4 is 0 Å². The summed E-state index contributed by atoms with van der Waals surface area (Å²) < 4.78 is 5.31. The maximum absolute atomic E-state index is 5.93. The summed E-state index contributed by atoms with van der Waals surface area (Å²) in [5.41, 5.74) is 6.08. The van der Waals surface area contributed by atoms with Gasteiger partial charge in [-0.15, -0.1) is 6.42 Å². The Hall–Kier alpha value is -0.520. The van der Waals surface area contributed by atoms with Gasteiger partial charge in [-0.05, 0) is 31.1 Å². The number of terminal acetylenes is 1. The molecule has 2 heteroatoms. The summed E-state index contributed by atoms with van der Waals surface area (Å²) in [6.45, 7) is 1.78. The average Bonchev–Trinajstić information content (AvgIpc) is 2.04. The van der Waals surface area contributed by atoms with Crippen LogP contribution < -0.4 is 5.73 Å². The summed E-state index contributed by atoms with van der Waals surface area (Å²) >= 11 is 0. The Balaban J connectivity index is 1.97. The Kier molecular flexibility index (Phi) is 1.67. The lowest BCUT2D eigenvalue weighted by atomic mass is 9.55. The van der Waals surface area contributed by atoms with Gasteiger partial charge in [0, 0.05) is 13.2 Å². The minimum absolute atomic E-state index is 0.294. The molecule has 1 heterocycles. The zero-order valence-corrected chi connectivity index (χ0v) is 7.31. The van der Waals surface area contributed by atoms with Gasteiger partial charge in [-0.3, -0.25) is 0 Å². The molecule has 1 spiro atoms. The third kappa shape index (κ3) is 1.14. The summed E-state index contributed by atoms with van der Waals surface area (Å²) in [7, 11) is 0. The highest BCUT2D eigenvalue weighted by Crippen LogP contribution is 2.52. The molecule has 2 fully saturated rings. The molecule has 1 saturated carbocycles. The fraction of sp³-hybridized carbons (Fsp3) is 0.800. The maximum atomic E-state index is 5.93. The molecule has 0 atom stereocenters. The molecule has 0 bridgehead atoms. The van der Waals surface area contributed by atoms with E-state index >= 15 is 0 Å². The molecule has 0 aromatic carbocycles. The second-order valence-electron chi connectivity index (χ2n) is 4.27. The molecule has 0 aromatic rings. The minimum Gasteiger partial charge on any atom is -0.381 e. The number of hydrogen-bond acceptors (Lipinski definition) is 2. The molecule has 0 amide bonds. The van der Waals surface area contributed by atoms with E-state index in [1.54, 1.807) is 0 Å². The van der Waals surface area contributed by atoms with Crippen molar-refractivity contribution in [1.82, 2.24) is 0 Å². The van der Waals surface area contributed by atoms with Crippen LogP contribution in [-0.4, -0.2) is 18.8 Å². The second-order valence-corrected chi connectivity index (χ2v) is 4.27. The zero-order chi connectivity index (χ0) is 8.66. The van der Waals surface area contributed by atoms with E-state index in [1.807, 2.05) is 0 Å². The summed E-state index contributed by atoms with van der Waals surface area (Å²) in [6.07, 6.45) is 9.64. The van der Waals surface area contributed by atoms with Crippen LogP contribution in [0.3, 0.4) is 0 Å². The van der Waals surface area contributed by atoms with E-state index in [-0.39, 0.29) is 5.54 Å². The predicted octanol–water partition coefficient (Wildman–Crippen LogP) is 0.908. The molecule has 66 valence electrons. The Morgan fingerprint density at radius 3 is 2.33 bits per heavy atom. The minimum atomic E-state index is -0.294. The first kappa shape index (κ1) is 8.10. The van der Waals surface area contributed by atoms with Crippen LogP contribution in [0.1, 0.15) is 25.7 Å². The van der Waals surface area contributed by atoms with Crippen LogP contribution >= 0.6 is 0 Å². The first-order valence-corrected chi connectivity index (χ1v) is 4.53. The predicted molar refractivity (Wildman–Crippen MR) is 47.5 cm³/mol. The third-order valence-corrected chi connectivity index (χ3v) is 3.22. The number of hydrogen-bond donors (Lipinski definition) is 1. The van der Waals surface area contributed by atoms with E-state index in [0.717, 1.165) is 38.9 Å². The molecular weight excluding hydrogens is 150 g/mol. The highest BCUT2D eigenvalue weighted by molar-refractivity contribution is 5.22. The van der Waals surface area contributed by atoms with Crippen LogP contribution in [0.5, 0.6) is 0 Å². The van der Waals surface area contributed by atoms with Crippen molar-refractivity contribution in [1.29, 1.82) is 0 Å². The lowest BCUT2D eigenvalue weighted by molar-refractivity contribution is -0.0540. The standard InChI is InChI=1S/C10H15NO/c1-2-10(11)7-9(8-10)3-5-12-6-4-9/h1H,3-8,11H2. The van der Waals surface area contributed by atoms with E-state index in [0.29, 0.717) is 5.41 Å². The molecule has 1 aliphatic carbocycles. The molecule has 2 nitrogen and oxygen atoms in total. The molecule has 1 aliphatic heterocycles. The quantitative estimate of drug-likeness (QED) is 0.541. The SMILES string of the molecule is C#CC1(N)CC2(CCOCC2)C1. The van der Waals surface area contributed by atoms with Crippen LogP contribution in [0.4, 0.5) is 0 Å². The van der Waals surface area contributed by atoms with Crippen molar-refractivity contribution in [2.75, 3.05) is 13.2 Å². The summed E-state index contributed by atoms with van der Waals surface area (Å²) in [5.74, 6) is 2.69. The number of nitrogens with two attached hydrogens (primary N) is 1. The van der Waals surface area contributed by atoms with Crippen molar-refractivity contribution in [2.24, 2.45) is 11.1 Å². The smallest absolute Gasteiger partial charge is 0.0784 e. The van der Waals surface area contributed by atoms with Crippen LogP contribution in [-0.2, 0) is 4.74 Å². The molecule has 0 aromatic heterocycles. The van der Waals surface area contributed by atoms with E-state index in [9.17, 15) is 0 Å². The molecule has 1 saturated heterocycles. The first-order valence-electron chi connectivity index (χ1n) is 4.53. The number of rotatable bonds is 0. The topological polar surface area (TPSA) is 35.2 Å². The number of ether oxygens (including phenoxy) is 1. The second kappa shape index (κ2) is 2.48. The van der Waals surface area contributed by atoms with E-state index < -0.39 is 0 Å². The molecule has 12 heavy (non-hydrogen) atoms. The van der Waals surface area contributed by atoms with Crippen molar-refractivity contribution in [2.45, 2.75) is 31.2 Å². The lowest BCUT2D eigenvalue weighted by Gasteiger charge is -2.53. The van der Waals surface area contributed by atoms with Crippen LogP contribution in [0.15, 0.2) is 0 Å². The van der Waals surface area contributed by atoms with Gasteiger partial charge in [0.2, 0.25) is 0 Å². The van der Waals surface area contributed by atoms with E-state index in [4.69, 9.17) is 16.9 Å². The lowest BCUT2D eigenvalue weighted by Crippen LogP contribution is -2.58. The van der Waals surface area contributed by atoms with Crippen molar-refractivity contribution in [3.8, 4) is 12.3 Å². The molecule has 2 aliphatic rings. The van der Waals surface area contributed by atoms with Crippen molar-refractivity contribution < 1.29 is 4.74 Å². The molecule has 0 unspecified atom stereocenters. The molecule has 0 radical (unpaired) electrons. The Labute approximate surface area is 73.5 Å². The third-order valence-electron chi connectivity index (χ3n) is 3.22. The van der Waals surface area contributed by atoms with E-state index in [2.05, 4.69) is 5.92 Å². The highest BCUT2D eigenvalue weighted by Gasteiger charge is 2.51. The zero-order valence-electron chi connectivity index (χ0n) is 7.31. The van der Waals surface area contributed by atoms with Crippen LogP contribution in [0.2, 0.25) is 0 Å². The fourth-order valence-electron chi connectivity index (χ4n) is 2.55. The van der Waals surface area contributed by atoms with Gasteiger partial charge in [0.25, 0.3) is 0 Å². The van der Waals surface area contributed by atoms with Gasteiger partial charge in [0.15, 0.2) is 0 Å². The van der Waals surface area contributed by atoms with Crippen LogP contribution in [0, 0.1) is 17.8 Å². The fourth-order valence-corrected chi connectivity index (χ4v) is 2.55. The summed E-state index contributed by atoms with van der Waals surface area (Å²) in [6, 6.07) is 0.